The smallest absolute Gasteiger partial charge is 0.241 e. The van der Waals surface area contributed by atoms with Crippen LogP contribution in [0.15, 0.2) is 125 Å². The van der Waals surface area contributed by atoms with Crippen molar-refractivity contribution in [2.24, 2.45) is 5.92 Å². The number of ether oxygens (including phenoxy) is 1. The Morgan fingerprint density at radius 1 is 0.750 bits per heavy atom. The van der Waals surface area contributed by atoms with Gasteiger partial charge in [0.05, 0.1) is 24.1 Å². The van der Waals surface area contributed by atoms with Crippen molar-refractivity contribution in [3.05, 3.63) is 148 Å². The fourth-order valence-electron chi connectivity index (χ4n) is 6.16. The number of benzene rings is 4. The summed E-state index contributed by atoms with van der Waals surface area (Å²) >= 11 is 0. The monoisotopic (exact) mass is 606 g/mol. The molecule has 2 N–H and O–H groups in total. The highest BCUT2D eigenvalue weighted by atomic mass is 32.2. The largest absolute Gasteiger partial charge is 0.497 e. The van der Waals surface area contributed by atoms with E-state index in [-0.39, 0.29) is 10.9 Å². The first-order chi connectivity index (χ1) is 21.1. The fraction of sp³-hybridized carbons (Fsp3) is 0.263. The molecule has 0 radical (unpaired) electrons. The van der Waals surface area contributed by atoms with Crippen LogP contribution in [0.2, 0.25) is 0 Å². The molecule has 0 saturated carbocycles. The van der Waals surface area contributed by atoms with Gasteiger partial charge in [-0.15, -0.1) is 0 Å². The lowest BCUT2D eigenvalue weighted by Gasteiger charge is -2.30. The number of aryl methyl sites for hydroxylation is 1. The van der Waals surface area contributed by atoms with E-state index in [1.54, 1.807) is 19.2 Å². The molecule has 5 rings (SSSR count). The van der Waals surface area contributed by atoms with Crippen molar-refractivity contribution in [1.82, 2.24) is 10.0 Å². The van der Waals surface area contributed by atoms with Crippen LogP contribution in [0.1, 0.15) is 67.6 Å². The summed E-state index contributed by atoms with van der Waals surface area (Å²) in [4.78, 5) is 0.238. The predicted molar refractivity (Wildman–Crippen MR) is 180 cm³/mol. The first kappa shape index (κ1) is 31.5. The summed E-state index contributed by atoms with van der Waals surface area (Å²) in [5.74, 6) is 1.09. The average molecular weight is 607 g/mol. The third-order valence-electron chi connectivity index (χ3n) is 9.02. The lowest BCUT2D eigenvalue weighted by atomic mass is 9.88. The fourth-order valence-corrected chi connectivity index (χ4v) is 7.39. The van der Waals surface area contributed by atoms with Gasteiger partial charge in [0, 0.05) is 12.5 Å². The second kappa shape index (κ2) is 13.3. The Labute approximate surface area is 262 Å². The van der Waals surface area contributed by atoms with Gasteiger partial charge in [-0.2, -0.15) is 0 Å². The van der Waals surface area contributed by atoms with Crippen molar-refractivity contribution < 1.29 is 13.2 Å². The maximum absolute atomic E-state index is 13.8. The summed E-state index contributed by atoms with van der Waals surface area (Å²) in [5, 5.41) is 3.78. The molecule has 0 heterocycles. The molecule has 4 aromatic rings. The van der Waals surface area contributed by atoms with Crippen molar-refractivity contribution in [1.29, 1.82) is 0 Å². The van der Waals surface area contributed by atoms with Crippen molar-refractivity contribution >= 4 is 15.6 Å². The van der Waals surface area contributed by atoms with E-state index < -0.39 is 16.1 Å². The van der Waals surface area contributed by atoms with E-state index >= 15 is 0 Å². The number of methoxy groups -OCH3 is 1. The Hall–Kier alpha value is -3.97. The van der Waals surface area contributed by atoms with Gasteiger partial charge in [0.15, 0.2) is 0 Å². The zero-order chi connectivity index (χ0) is 31.4. The first-order valence-electron chi connectivity index (χ1n) is 15.1. The lowest BCUT2D eigenvalue weighted by Crippen LogP contribution is -2.38. The predicted octanol–water partition coefficient (Wildman–Crippen LogP) is 8.31. The highest BCUT2D eigenvalue weighted by molar-refractivity contribution is 7.89. The normalized spacial score (nSPS) is 16.7. The highest BCUT2D eigenvalue weighted by Gasteiger charge is 2.31. The van der Waals surface area contributed by atoms with Crippen molar-refractivity contribution in [2.45, 2.75) is 58.1 Å². The number of sulfonamides is 1. The standard InChI is InChI=1S/C38H42N2O3S/c1-25-17-20-34(21-18-25)44(41,42)40-38(31-15-11-8-12-16-31)37(30-13-9-7-10-14-30)39-24-32-23-33(43-6)19-22-35(32)36-28(4)26(2)27(3)29(36)5/h7-23,28,37-40H,24H2,1-6H3. The van der Waals surface area contributed by atoms with Gasteiger partial charge in [0.25, 0.3) is 0 Å². The second-order valence-corrected chi connectivity index (χ2v) is 13.4. The summed E-state index contributed by atoms with van der Waals surface area (Å²) in [5.41, 5.74) is 10.5. The van der Waals surface area contributed by atoms with Crippen LogP contribution in [0.25, 0.3) is 5.57 Å². The maximum atomic E-state index is 13.8. The van der Waals surface area contributed by atoms with Gasteiger partial charge in [-0.1, -0.05) is 96.9 Å². The Morgan fingerprint density at radius 2 is 1.34 bits per heavy atom. The van der Waals surface area contributed by atoms with Crippen molar-refractivity contribution in [3.63, 3.8) is 0 Å². The molecule has 4 aromatic carbocycles. The molecule has 3 atom stereocenters. The third-order valence-corrected chi connectivity index (χ3v) is 10.5. The van der Waals surface area contributed by atoms with Crippen LogP contribution in [-0.2, 0) is 16.6 Å². The Kier molecular flexibility index (Phi) is 9.54. The molecular formula is C38H42N2O3S. The third kappa shape index (κ3) is 6.58. The van der Waals surface area contributed by atoms with Gasteiger partial charge in [-0.3, -0.25) is 0 Å². The van der Waals surface area contributed by atoms with Gasteiger partial charge < -0.3 is 10.1 Å². The topological polar surface area (TPSA) is 67.4 Å². The highest BCUT2D eigenvalue weighted by Crippen LogP contribution is 2.44. The summed E-state index contributed by atoms with van der Waals surface area (Å²) in [7, 11) is -2.16. The molecule has 1 aliphatic carbocycles. The molecule has 0 bridgehead atoms. The maximum Gasteiger partial charge on any atom is 0.241 e. The second-order valence-electron chi connectivity index (χ2n) is 11.7. The van der Waals surface area contributed by atoms with Crippen LogP contribution in [-0.4, -0.2) is 15.5 Å². The van der Waals surface area contributed by atoms with Crippen molar-refractivity contribution in [3.8, 4) is 5.75 Å². The summed E-state index contributed by atoms with van der Waals surface area (Å²) in [6, 6.07) is 32.1. The van der Waals surface area contributed by atoms with Gasteiger partial charge in [0.2, 0.25) is 10.0 Å². The Morgan fingerprint density at radius 3 is 1.89 bits per heavy atom. The van der Waals surface area contributed by atoms with E-state index in [9.17, 15) is 8.42 Å². The SMILES string of the molecule is COc1ccc(C2=C(C)C(C)=C(C)C2C)c(CNC(c2ccccc2)C(NS(=O)(=O)c2ccc(C)cc2)c2ccccc2)c1. The van der Waals surface area contributed by atoms with E-state index in [2.05, 4.69) is 49.9 Å². The molecule has 0 fully saturated rings. The lowest BCUT2D eigenvalue weighted by molar-refractivity contribution is 0.410. The Bertz CT molecular complexity index is 1780. The summed E-state index contributed by atoms with van der Waals surface area (Å²) in [6.07, 6.45) is 0. The molecule has 3 unspecified atom stereocenters. The quantitative estimate of drug-likeness (QED) is 0.180. The molecule has 0 aliphatic heterocycles. The van der Waals surface area contributed by atoms with Gasteiger partial charge in [-0.05, 0) is 90.9 Å². The number of nitrogens with one attached hydrogen (secondary N) is 2. The summed E-state index contributed by atoms with van der Waals surface area (Å²) in [6.45, 7) is 11.3. The molecule has 5 nitrogen and oxygen atoms in total. The average Bonchev–Trinajstić information content (AvgIpc) is 3.23. The van der Waals surface area contributed by atoms with Crippen molar-refractivity contribution in [2.75, 3.05) is 7.11 Å². The van der Waals surface area contributed by atoms with Crippen LogP contribution >= 0.6 is 0 Å². The Balaban J connectivity index is 1.57. The zero-order valence-corrected chi connectivity index (χ0v) is 27.2. The van der Waals surface area contributed by atoms with Crippen LogP contribution in [0.4, 0.5) is 0 Å². The van der Waals surface area contributed by atoms with Crippen LogP contribution in [0.5, 0.6) is 5.75 Å². The number of hydrogen-bond donors (Lipinski definition) is 2. The minimum atomic E-state index is -3.84. The number of rotatable bonds is 11. The minimum absolute atomic E-state index is 0.238. The van der Waals surface area contributed by atoms with Crippen LogP contribution in [0.3, 0.4) is 0 Å². The van der Waals surface area contributed by atoms with Gasteiger partial charge in [0.1, 0.15) is 5.75 Å². The van der Waals surface area contributed by atoms with Gasteiger partial charge >= 0.3 is 0 Å². The van der Waals surface area contributed by atoms with E-state index in [1.807, 2.05) is 85.8 Å². The summed E-state index contributed by atoms with van der Waals surface area (Å²) < 4.78 is 36.4. The first-order valence-corrected chi connectivity index (χ1v) is 16.6. The van der Waals surface area contributed by atoms with E-state index in [4.69, 9.17) is 4.74 Å². The molecule has 0 saturated heterocycles. The van der Waals surface area contributed by atoms with E-state index in [1.165, 1.54) is 27.9 Å². The van der Waals surface area contributed by atoms with Crippen LogP contribution in [0, 0.1) is 12.8 Å². The minimum Gasteiger partial charge on any atom is -0.497 e. The molecule has 1 aliphatic rings. The zero-order valence-electron chi connectivity index (χ0n) is 26.4. The molecule has 0 amide bonds. The molecule has 44 heavy (non-hydrogen) atoms. The van der Waals surface area contributed by atoms with E-state index in [0.717, 1.165) is 28.0 Å². The molecule has 6 heteroatoms. The van der Waals surface area contributed by atoms with Gasteiger partial charge in [-0.25, -0.2) is 13.1 Å². The molecule has 0 aromatic heterocycles. The molecule has 228 valence electrons. The number of hydrogen-bond acceptors (Lipinski definition) is 4. The van der Waals surface area contributed by atoms with Crippen LogP contribution < -0.4 is 14.8 Å². The molecular weight excluding hydrogens is 564 g/mol. The molecule has 0 spiro atoms. The number of allylic oxidation sites excluding steroid dienone is 4. The van der Waals surface area contributed by atoms with E-state index in [0.29, 0.717) is 12.5 Å².